The first-order chi connectivity index (χ1) is 10.6. The number of allylic oxidation sites excluding steroid dienone is 1. The minimum absolute atomic E-state index is 0.0238. The van der Waals surface area contributed by atoms with Gasteiger partial charge < -0.3 is 9.52 Å². The number of aliphatic hydroxyl groups is 1. The van der Waals surface area contributed by atoms with Gasteiger partial charge in [0.15, 0.2) is 17.3 Å². The minimum Gasteiger partial charge on any atom is -0.504 e. The van der Waals surface area contributed by atoms with E-state index in [1.165, 1.54) is 24.7 Å². The standard InChI is InChI=1S/C15H10FN3O3/c16-11-4-2-1-3-10(11)9-5-14(22-7-9)12(20)6-13(21)15-17-8-18-19-15/h1-8,21H,(H,17,18,19). The van der Waals surface area contributed by atoms with Crippen molar-refractivity contribution in [3.63, 3.8) is 0 Å². The molecule has 0 unspecified atom stereocenters. The summed E-state index contributed by atoms with van der Waals surface area (Å²) in [4.78, 5) is 15.7. The Kier molecular flexibility index (Phi) is 3.53. The largest absolute Gasteiger partial charge is 0.504 e. The van der Waals surface area contributed by atoms with Crippen molar-refractivity contribution in [1.29, 1.82) is 0 Å². The van der Waals surface area contributed by atoms with E-state index in [2.05, 4.69) is 15.2 Å². The molecule has 0 bridgehead atoms. The number of nitrogens with zero attached hydrogens (tertiary/aromatic N) is 2. The minimum atomic E-state index is -0.573. The molecule has 0 radical (unpaired) electrons. The van der Waals surface area contributed by atoms with Crippen LogP contribution in [0.25, 0.3) is 16.9 Å². The fourth-order valence-corrected chi connectivity index (χ4v) is 1.89. The molecule has 0 aliphatic heterocycles. The van der Waals surface area contributed by atoms with Gasteiger partial charge >= 0.3 is 0 Å². The van der Waals surface area contributed by atoms with E-state index in [0.29, 0.717) is 11.1 Å². The Balaban J connectivity index is 1.87. The predicted molar refractivity (Wildman–Crippen MR) is 75.4 cm³/mol. The molecule has 0 amide bonds. The average molecular weight is 299 g/mol. The van der Waals surface area contributed by atoms with Gasteiger partial charge in [-0.2, -0.15) is 5.10 Å². The Bertz CT molecular complexity index is 837. The van der Waals surface area contributed by atoms with Crippen LogP contribution in [0.4, 0.5) is 4.39 Å². The van der Waals surface area contributed by atoms with E-state index >= 15 is 0 Å². The molecule has 0 fully saturated rings. The Morgan fingerprint density at radius 1 is 1.36 bits per heavy atom. The third kappa shape index (κ3) is 2.64. The summed E-state index contributed by atoms with van der Waals surface area (Å²) in [6.07, 6.45) is 3.43. The summed E-state index contributed by atoms with van der Waals surface area (Å²) in [7, 11) is 0. The summed E-state index contributed by atoms with van der Waals surface area (Å²) in [5.41, 5.74) is 0.766. The van der Waals surface area contributed by atoms with Gasteiger partial charge in [0.25, 0.3) is 0 Å². The van der Waals surface area contributed by atoms with Gasteiger partial charge in [-0.1, -0.05) is 18.2 Å². The van der Waals surface area contributed by atoms with E-state index in [-0.39, 0.29) is 17.3 Å². The van der Waals surface area contributed by atoms with Crippen molar-refractivity contribution in [1.82, 2.24) is 15.2 Å². The van der Waals surface area contributed by atoms with Gasteiger partial charge in [0.2, 0.25) is 5.78 Å². The Morgan fingerprint density at radius 2 is 2.18 bits per heavy atom. The van der Waals surface area contributed by atoms with Crippen LogP contribution in [0.1, 0.15) is 16.4 Å². The molecule has 0 saturated heterocycles. The van der Waals surface area contributed by atoms with Crippen LogP contribution in [0.3, 0.4) is 0 Å². The molecule has 6 nitrogen and oxygen atoms in total. The van der Waals surface area contributed by atoms with Crippen molar-refractivity contribution in [2.75, 3.05) is 0 Å². The number of hydrogen-bond acceptors (Lipinski definition) is 5. The summed E-state index contributed by atoms with van der Waals surface area (Å²) in [6, 6.07) is 7.56. The van der Waals surface area contributed by atoms with E-state index < -0.39 is 11.6 Å². The van der Waals surface area contributed by atoms with Crippen molar-refractivity contribution in [3.05, 3.63) is 66.4 Å². The maximum absolute atomic E-state index is 13.7. The molecular formula is C15H10FN3O3. The topological polar surface area (TPSA) is 92.0 Å². The highest BCUT2D eigenvalue weighted by Gasteiger charge is 2.14. The van der Waals surface area contributed by atoms with Crippen molar-refractivity contribution in [3.8, 4) is 11.1 Å². The molecular weight excluding hydrogens is 289 g/mol. The lowest BCUT2D eigenvalue weighted by Gasteiger charge is -1.97. The molecule has 2 N–H and O–H groups in total. The number of carbonyl (C=O) groups is 1. The number of aromatic nitrogens is 3. The summed E-state index contributed by atoms with van der Waals surface area (Å²) in [5.74, 6) is -1.32. The zero-order chi connectivity index (χ0) is 15.5. The van der Waals surface area contributed by atoms with Crippen molar-refractivity contribution >= 4 is 11.5 Å². The second-order valence-corrected chi connectivity index (χ2v) is 4.41. The normalized spacial score (nSPS) is 11.6. The molecule has 0 spiro atoms. The molecule has 2 heterocycles. The number of hydrogen-bond donors (Lipinski definition) is 2. The lowest BCUT2D eigenvalue weighted by atomic mass is 10.1. The Hall–Kier alpha value is -3.22. The highest BCUT2D eigenvalue weighted by molar-refractivity contribution is 6.06. The molecule has 7 heteroatoms. The van der Waals surface area contributed by atoms with E-state index in [1.54, 1.807) is 18.2 Å². The summed E-state index contributed by atoms with van der Waals surface area (Å²) in [5, 5.41) is 15.7. The first-order valence-corrected chi connectivity index (χ1v) is 6.29. The third-order valence-electron chi connectivity index (χ3n) is 2.95. The Labute approximate surface area is 123 Å². The second kappa shape index (κ2) is 5.65. The number of rotatable bonds is 4. The number of aliphatic hydroxyl groups excluding tert-OH is 1. The Morgan fingerprint density at radius 3 is 2.91 bits per heavy atom. The number of furan rings is 1. The highest BCUT2D eigenvalue weighted by Crippen LogP contribution is 2.25. The molecule has 3 aromatic rings. The molecule has 0 atom stereocenters. The van der Waals surface area contributed by atoms with Crippen LogP contribution in [-0.2, 0) is 0 Å². The first-order valence-electron chi connectivity index (χ1n) is 6.29. The van der Waals surface area contributed by atoms with Crippen LogP contribution in [0.2, 0.25) is 0 Å². The molecule has 0 saturated carbocycles. The van der Waals surface area contributed by atoms with E-state index in [1.807, 2.05) is 0 Å². The molecule has 0 aliphatic carbocycles. The van der Waals surface area contributed by atoms with Gasteiger partial charge in [-0.05, 0) is 12.1 Å². The van der Waals surface area contributed by atoms with Crippen LogP contribution in [0.5, 0.6) is 0 Å². The molecule has 3 rings (SSSR count). The lowest BCUT2D eigenvalue weighted by Crippen LogP contribution is -1.95. The number of carbonyl (C=O) groups excluding carboxylic acids is 1. The van der Waals surface area contributed by atoms with E-state index in [9.17, 15) is 14.3 Å². The third-order valence-corrected chi connectivity index (χ3v) is 2.95. The SMILES string of the molecule is O=C(C=C(O)c1ncn[nH]1)c1cc(-c2ccccc2F)co1. The highest BCUT2D eigenvalue weighted by atomic mass is 19.1. The fraction of sp³-hybridized carbons (Fsp3) is 0. The predicted octanol–water partition coefficient (Wildman–Crippen LogP) is 2.99. The number of aromatic amines is 1. The van der Waals surface area contributed by atoms with Crippen molar-refractivity contribution in [2.24, 2.45) is 0 Å². The van der Waals surface area contributed by atoms with Crippen molar-refractivity contribution in [2.45, 2.75) is 0 Å². The van der Waals surface area contributed by atoms with E-state index in [0.717, 1.165) is 6.08 Å². The van der Waals surface area contributed by atoms with Crippen molar-refractivity contribution < 1.29 is 18.7 Å². The molecule has 2 aromatic heterocycles. The molecule has 0 aliphatic rings. The van der Waals surface area contributed by atoms with E-state index in [4.69, 9.17) is 4.42 Å². The monoisotopic (exact) mass is 299 g/mol. The summed E-state index contributed by atoms with van der Waals surface area (Å²) in [6.45, 7) is 0. The van der Waals surface area contributed by atoms with Gasteiger partial charge in [0.05, 0.1) is 6.26 Å². The number of nitrogens with one attached hydrogen (secondary N) is 1. The number of halogens is 1. The van der Waals surface area contributed by atoms with Crippen LogP contribution in [-0.4, -0.2) is 26.1 Å². The van der Waals surface area contributed by atoms with Crippen LogP contribution in [0.15, 0.2) is 53.4 Å². The second-order valence-electron chi connectivity index (χ2n) is 4.41. The molecule has 1 aromatic carbocycles. The van der Waals surface area contributed by atoms with Gasteiger partial charge in [-0.3, -0.25) is 9.89 Å². The average Bonchev–Trinajstić information content (AvgIpc) is 3.19. The number of H-pyrrole nitrogens is 1. The zero-order valence-electron chi connectivity index (χ0n) is 11.2. The smallest absolute Gasteiger partial charge is 0.224 e. The fourth-order valence-electron chi connectivity index (χ4n) is 1.89. The van der Waals surface area contributed by atoms with Gasteiger partial charge in [0.1, 0.15) is 12.1 Å². The quantitative estimate of drug-likeness (QED) is 0.439. The van der Waals surface area contributed by atoms with Crippen LogP contribution >= 0.6 is 0 Å². The molecule has 110 valence electrons. The summed E-state index contributed by atoms with van der Waals surface area (Å²) >= 11 is 0. The maximum Gasteiger partial charge on any atom is 0.224 e. The zero-order valence-corrected chi connectivity index (χ0v) is 11.2. The first kappa shape index (κ1) is 13.7. The number of ketones is 1. The van der Waals surface area contributed by atoms with Gasteiger partial charge in [0, 0.05) is 17.2 Å². The molecule has 22 heavy (non-hydrogen) atoms. The number of benzene rings is 1. The maximum atomic E-state index is 13.7. The van der Waals surface area contributed by atoms with Gasteiger partial charge in [-0.25, -0.2) is 9.37 Å². The van der Waals surface area contributed by atoms with Crippen LogP contribution < -0.4 is 0 Å². The lowest BCUT2D eigenvalue weighted by molar-refractivity contribution is 0.102. The van der Waals surface area contributed by atoms with Gasteiger partial charge in [-0.15, -0.1) is 0 Å². The van der Waals surface area contributed by atoms with Crippen LogP contribution in [0, 0.1) is 5.82 Å². The summed E-state index contributed by atoms with van der Waals surface area (Å²) < 4.78 is 18.8.